The van der Waals surface area contributed by atoms with Crippen LogP contribution < -0.4 is 5.69 Å². The second-order valence-electron chi connectivity index (χ2n) is 5.90. The zero-order chi connectivity index (χ0) is 20.0. The minimum Gasteiger partial charge on any atom is -0.341 e. The maximum absolute atomic E-state index is 12.8. The van der Waals surface area contributed by atoms with E-state index in [0.717, 1.165) is 11.8 Å². The standard InChI is InChI=1S/C15H24N3O6PS2/c1-11-5-6-18(15(20)16-11)13-10-27-14(24-13)9-23-25(21,17(3)4)22-7-8-26-12(2)19/h5-6,13-14H,7-10H2,1-4H3/t13-,14+,25?/m0/s1. The number of nitrogens with zero attached hydrogens (tertiary/aromatic N) is 3. The number of aryl methyl sites for hydroxylation is 1. The molecule has 0 spiro atoms. The van der Waals surface area contributed by atoms with Crippen LogP contribution in [0.15, 0.2) is 17.1 Å². The van der Waals surface area contributed by atoms with Gasteiger partial charge in [0.2, 0.25) is 0 Å². The van der Waals surface area contributed by atoms with E-state index in [1.807, 2.05) is 0 Å². The normalized spacial score (nSPS) is 22.1. The highest BCUT2D eigenvalue weighted by molar-refractivity contribution is 8.13. The third-order valence-electron chi connectivity index (χ3n) is 3.52. The Bertz CT molecular complexity index is 759. The fourth-order valence-corrected chi connectivity index (χ4v) is 5.01. The third-order valence-corrected chi connectivity index (χ3v) is 7.36. The molecule has 1 aromatic rings. The fourth-order valence-electron chi connectivity index (χ4n) is 2.15. The lowest BCUT2D eigenvalue weighted by Gasteiger charge is -2.24. The Balaban J connectivity index is 1.87. The van der Waals surface area contributed by atoms with Gasteiger partial charge in [-0.1, -0.05) is 11.8 Å². The van der Waals surface area contributed by atoms with Gasteiger partial charge in [0.25, 0.3) is 0 Å². The highest BCUT2D eigenvalue weighted by Crippen LogP contribution is 2.51. The van der Waals surface area contributed by atoms with Crippen molar-refractivity contribution in [2.24, 2.45) is 0 Å². The summed E-state index contributed by atoms with van der Waals surface area (Å²) < 4.78 is 32.4. The number of carbonyl (C=O) groups is 1. The molecule has 1 saturated heterocycles. The van der Waals surface area contributed by atoms with Crippen molar-refractivity contribution >= 4 is 36.4 Å². The van der Waals surface area contributed by atoms with E-state index in [1.165, 1.54) is 27.9 Å². The minimum atomic E-state index is -3.48. The Kier molecular flexibility index (Phi) is 8.54. The second kappa shape index (κ2) is 10.2. The van der Waals surface area contributed by atoms with E-state index in [4.69, 9.17) is 13.8 Å². The molecule has 0 N–H and O–H groups in total. The number of aromatic nitrogens is 2. The quantitative estimate of drug-likeness (QED) is 0.422. The molecule has 27 heavy (non-hydrogen) atoms. The van der Waals surface area contributed by atoms with Crippen molar-refractivity contribution < 1.29 is 23.1 Å². The molecule has 1 aromatic heterocycles. The molecule has 3 atom stereocenters. The molecule has 0 radical (unpaired) electrons. The van der Waals surface area contributed by atoms with Crippen LogP contribution in [0.25, 0.3) is 0 Å². The van der Waals surface area contributed by atoms with Crippen molar-refractivity contribution in [3.8, 4) is 0 Å². The molecule has 1 aliphatic heterocycles. The van der Waals surface area contributed by atoms with E-state index in [2.05, 4.69) is 4.98 Å². The molecule has 12 heteroatoms. The maximum Gasteiger partial charge on any atom is 0.407 e. The highest BCUT2D eigenvalue weighted by atomic mass is 32.2. The highest BCUT2D eigenvalue weighted by Gasteiger charge is 2.33. The Morgan fingerprint density at radius 1 is 1.52 bits per heavy atom. The SMILES string of the molecule is CC(=O)SCCOP(=O)(OC[C@@H]1O[C@H](n2ccc(C)nc2=O)CS1)N(C)C. The summed E-state index contributed by atoms with van der Waals surface area (Å²) in [6.07, 6.45) is 1.20. The Morgan fingerprint density at radius 3 is 2.89 bits per heavy atom. The van der Waals surface area contributed by atoms with Crippen LogP contribution in [0, 0.1) is 6.92 Å². The number of thioether (sulfide) groups is 2. The molecule has 0 aliphatic carbocycles. The first kappa shape index (κ1) is 22.6. The monoisotopic (exact) mass is 437 g/mol. The maximum atomic E-state index is 12.8. The number of hydrogen-bond acceptors (Lipinski definition) is 9. The predicted octanol–water partition coefficient (Wildman–Crippen LogP) is 2.12. The second-order valence-corrected chi connectivity index (χ2v) is 10.6. The summed E-state index contributed by atoms with van der Waals surface area (Å²) >= 11 is 2.57. The van der Waals surface area contributed by atoms with Crippen molar-refractivity contribution in [1.82, 2.24) is 14.2 Å². The Labute approximate surface area is 166 Å². The van der Waals surface area contributed by atoms with Gasteiger partial charge in [0.05, 0.1) is 13.2 Å². The van der Waals surface area contributed by atoms with E-state index in [0.29, 0.717) is 17.2 Å². The molecule has 1 fully saturated rings. The van der Waals surface area contributed by atoms with E-state index in [1.54, 1.807) is 33.3 Å². The van der Waals surface area contributed by atoms with Crippen LogP contribution >= 0.6 is 31.3 Å². The summed E-state index contributed by atoms with van der Waals surface area (Å²) in [4.78, 5) is 26.8. The molecule has 2 heterocycles. The lowest BCUT2D eigenvalue weighted by molar-refractivity contribution is -0.109. The zero-order valence-electron chi connectivity index (χ0n) is 15.7. The summed E-state index contributed by atoms with van der Waals surface area (Å²) in [6, 6.07) is 1.74. The van der Waals surface area contributed by atoms with Crippen molar-refractivity contribution in [3.05, 3.63) is 28.4 Å². The molecule has 1 unspecified atom stereocenters. The van der Waals surface area contributed by atoms with Gasteiger partial charge < -0.3 is 4.74 Å². The topological polar surface area (TPSA) is 100.0 Å². The van der Waals surface area contributed by atoms with E-state index in [9.17, 15) is 14.2 Å². The van der Waals surface area contributed by atoms with Crippen LogP contribution in [0.1, 0.15) is 18.8 Å². The van der Waals surface area contributed by atoms with E-state index in [-0.39, 0.29) is 29.5 Å². The molecule has 0 amide bonds. The first-order valence-corrected chi connectivity index (χ1v) is 11.8. The number of hydrogen-bond donors (Lipinski definition) is 0. The summed E-state index contributed by atoms with van der Waals surface area (Å²) in [7, 11) is -0.279. The first-order chi connectivity index (χ1) is 12.7. The lowest BCUT2D eigenvalue weighted by Crippen LogP contribution is -2.28. The van der Waals surface area contributed by atoms with Gasteiger partial charge in [-0.3, -0.25) is 18.4 Å². The summed E-state index contributed by atoms with van der Waals surface area (Å²) in [5.74, 6) is 0.956. The molecule has 0 aromatic carbocycles. The minimum absolute atomic E-state index is 0.0261. The Hall–Kier alpha value is -0.680. The van der Waals surface area contributed by atoms with Crippen LogP contribution in [0.4, 0.5) is 0 Å². The van der Waals surface area contributed by atoms with Crippen molar-refractivity contribution in [2.75, 3.05) is 38.8 Å². The summed E-state index contributed by atoms with van der Waals surface area (Å²) in [5, 5.41) is -0.0261. The van der Waals surface area contributed by atoms with Gasteiger partial charge >= 0.3 is 13.4 Å². The van der Waals surface area contributed by atoms with Gasteiger partial charge in [-0.15, -0.1) is 11.8 Å². The number of carbonyl (C=O) groups excluding carboxylic acids is 1. The van der Waals surface area contributed by atoms with Crippen LogP contribution in [-0.2, 0) is 23.1 Å². The van der Waals surface area contributed by atoms with Gasteiger partial charge in [0.1, 0.15) is 11.7 Å². The van der Waals surface area contributed by atoms with Crippen LogP contribution in [-0.4, -0.2) is 63.6 Å². The average Bonchev–Trinajstić information content (AvgIpc) is 3.05. The smallest absolute Gasteiger partial charge is 0.341 e. The van der Waals surface area contributed by atoms with Crippen LogP contribution in [0.2, 0.25) is 0 Å². The molecular formula is C15H24N3O6PS2. The average molecular weight is 437 g/mol. The van der Waals surface area contributed by atoms with Crippen molar-refractivity contribution in [1.29, 1.82) is 0 Å². The molecule has 9 nitrogen and oxygen atoms in total. The van der Waals surface area contributed by atoms with Gasteiger partial charge in [0.15, 0.2) is 5.12 Å². The molecule has 0 bridgehead atoms. The van der Waals surface area contributed by atoms with E-state index >= 15 is 0 Å². The van der Waals surface area contributed by atoms with Gasteiger partial charge in [-0.05, 0) is 27.1 Å². The number of ether oxygens (including phenoxy) is 1. The van der Waals surface area contributed by atoms with Gasteiger partial charge in [0, 0.05) is 30.3 Å². The molecule has 0 saturated carbocycles. The largest absolute Gasteiger partial charge is 0.407 e. The van der Waals surface area contributed by atoms with Crippen LogP contribution in [0.5, 0.6) is 0 Å². The Morgan fingerprint density at radius 2 is 2.26 bits per heavy atom. The van der Waals surface area contributed by atoms with Crippen molar-refractivity contribution in [3.63, 3.8) is 0 Å². The van der Waals surface area contributed by atoms with Crippen molar-refractivity contribution in [2.45, 2.75) is 25.5 Å². The molecular weight excluding hydrogens is 413 g/mol. The predicted molar refractivity (Wildman–Crippen MR) is 106 cm³/mol. The van der Waals surface area contributed by atoms with E-state index < -0.39 is 14.0 Å². The third kappa shape index (κ3) is 6.70. The van der Waals surface area contributed by atoms with Gasteiger partial charge in [-0.2, -0.15) is 4.98 Å². The van der Waals surface area contributed by atoms with Gasteiger partial charge in [-0.25, -0.2) is 14.0 Å². The number of rotatable bonds is 9. The summed E-state index contributed by atoms with van der Waals surface area (Å²) in [5.41, 5.74) is -0.104. The first-order valence-electron chi connectivity index (χ1n) is 8.24. The lowest BCUT2D eigenvalue weighted by atomic mass is 10.4. The molecule has 1 aliphatic rings. The zero-order valence-corrected chi connectivity index (χ0v) is 18.2. The molecule has 152 valence electrons. The summed E-state index contributed by atoms with van der Waals surface area (Å²) in [6.45, 7) is 3.39. The fraction of sp³-hybridized carbons (Fsp3) is 0.667. The van der Waals surface area contributed by atoms with Crippen LogP contribution in [0.3, 0.4) is 0 Å². The molecule has 2 rings (SSSR count).